The van der Waals surface area contributed by atoms with Gasteiger partial charge in [-0.2, -0.15) is 0 Å². The van der Waals surface area contributed by atoms with Gasteiger partial charge in [0.2, 0.25) is 0 Å². The van der Waals surface area contributed by atoms with Crippen molar-refractivity contribution in [1.29, 1.82) is 0 Å². The van der Waals surface area contributed by atoms with Gasteiger partial charge in [0, 0.05) is 31.7 Å². The maximum absolute atomic E-state index is 6.46. The summed E-state index contributed by atoms with van der Waals surface area (Å²) < 4.78 is 1.10. The zero-order chi connectivity index (χ0) is 15.3. The second-order valence-corrected chi connectivity index (χ2v) is 7.64. The average molecular weight is 395 g/mol. The SMILES string of the molecule is Clc1cc(Cl)c2c(c1)N[C@H](c1ccc(Br)cc1)[C@H]1CC=C[C@H]21. The average Bonchev–Trinajstić information content (AvgIpc) is 2.95. The van der Waals surface area contributed by atoms with Gasteiger partial charge in [0.05, 0.1) is 6.04 Å². The molecule has 2 aliphatic rings. The van der Waals surface area contributed by atoms with Crippen LogP contribution in [-0.2, 0) is 0 Å². The summed E-state index contributed by atoms with van der Waals surface area (Å²) in [5, 5.41) is 5.09. The molecule has 2 aromatic carbocycles. The number of allylic oxidation sites excluding steroid dienone is 2. The van der Waals surface area contributed by atoms with Crippen LogP contribution in [0.15, 0.2) is 53.0 Å². The molecule has 0 saturated carbocycles. The first-order chi connectivity index (χ1) is 10.6. The molecular weight excluding hydrogens is 381 g/mol. The molecule has 1 aliphatic carbocycles. The fraction of sp³-hybridized carbons (Fsp3) is 0.222. The van der Waals surface area contributed by atoms with Crippen LogP contribution in [0.4, 0.5) is 5.69 Å². The Bertz CT molecular complexity index is 754. The zero-order valence-electron chi connectivity index (χ0n) is 11.7. The largest absolute Gasteiger partial charge is 0.378 e. The second kappa shape index (κ2) is 5.59. The van der Waals surface area contributed by atoms with Crippen molar-refractivity contribution in [3.05, 3.63) is 74.2 Å². The van der Waals surface area contributed by atoms with Crippen LogP contribution in [0.2, 0.25) is 10.0 Å². The number of benzene rings is 2. The van der Waals surface area contributed by atoms with Crippen molar-refractivity contribution in [2.24, 2.45) is 5.92 Å². The highest BCUT2D eigenvalue weighted by Gasteiger charge is 2.39. The third-order valence-corrected chi connectivity index (χ3v) is 5.67. The Morgan fingerprint density at radius 3 is 2.64 bits per heavy atom. The van der Waals surface area contributed by atoms with E-state index in [4.69, 9.17) is 23.2 Å². The van der Waals surface area contributed by atoms with E-state index in [1.807, 2.05) is 12.1 Å². The van der Waals surface area contributed by atoms with Crippen LogP contribution in [0, 0.1) is 5.92 Å². The molecule has 0 spiro atoms. The van der Waals surface area contributed by atoms with Crippen molar-refractivity contribution in [3.8, 4) is 0 Å². The molecule has 112 valence electrons. The van der Waals surface area contributed by atoms with Gasteiger partial charge in [-0.05, 0) is 42.2 Å². The van der Waals surface area contributed by atoms with Gasteiger partial charge >= 0.3 is 0 Å². The molecule has 2 aromatic rings. The molecular formula is C18H14BrCl2N. The summed E-state index contributed by atoms with van der Waals surface area (Å²) >= 11 is 16.2. The predicted octanol–water partition coefficient (Wildman–Crippen LogP) is 6.58. The van der Waals surface area contributed by atoms with E-state index >= 15 is 0 Å². The molecule has 0 bridgehead atoms. The molecule has 4 heteroatoms. The molecule has 0 amide bonds. The molecule has 3 atom stereocenters. The van der Waals surface area contributed by atoms with Crippen LogP contribution in [0.1, 0.15) is 29.5 Å². The number of hydrogen-bond donors (Lipinski definition) is 1. The van der Waals surface area contributed by atoms with Crippen molar-refractivity contribution in [2.75, 3.05) is 5.32 Å². The number of rotatable bonds is 1. The van der Waals surface area contributed by atoms with E-state index in [1.54, 1.807) is 0 Å². The van der Waals surface area contributed by atoms with Crippen LogP contribution in [0.25, 0.3) is 0 Å². The highest BCUT2D eigenvalue weighted by molar-refractivity contribution is 9.10. The first-order valence-corrected chi connectivity index (χ1v) is 8.86. The van der Waals surface area contributed by atoms with E-state index in [0.717, 1.165) is 21.6 Å². The van der Waals surface area contributed by atoms with Gasteiger partial charge in [-0.15, -0.1) is 0 Å². The number of anilines is 1. The highest BCUT2D eigenvalue weighted by Crippen LogP contribution is 2.52. The molecule has 0 unspecified atom stereocenters. The monoisotopic (exact) mass is 393 g/mol. The number of fused-ring (bicyclic) bond motifs is 3. The summed E-state index contributed by atoms with van der Waals surface area (Å²) in [5.41, 5.74) is 3.53. The van der Waals surface area contributed by atoms with Gasteiger partial charge in [-0.25, -0.2) is 0 Å². The number of hydrogen-bond acceptors (Lipinski definition) is 1. The van der Waals surface area contributed by atoms with E-state index in [-0.39, 0.29) is 6.04 Å². The number of halogens is 3. The van der Waals surface area contributed by atoms with E-state index < -0.39 is 0 Å². The molecule has 1 aliphatic heterocycles. The van der Waals surface area contributed by atoms with Gasteiger partial charge in [-0.3, -0.25) is 0 Å². The fourth-order valence-corrected chi connectivity index (χ4v) is 4.53. The Morgan fingerprint density at radius 2 is 1.86 bits per heavy atom. The Labute approximate surface area is 148 Å². The van der Waals surface area contributed by atoms with E-state index in [0.29, 0.717) is 16.9 Å². The molecule has 0 saturated heterocycles. The van der Waals surface area contributed by atoms with Crippen molar-refractivity contribution in [1.82, 2.24) is 0 Å². The van der Waals surface area contributed by atoms with Gasteiger partial charge in [0.25, 0.3) is 0 Å². The lowest BCUT2D eigenvalue weighted by Crippen LogP contribution is -2.29. The summed E-state index contributed by atoms with van der Waals surface area (Å²) in [6.07, 6.45) is 5.62. The Hall–Kier alpha value is -0.960. The van der Waals surface area contributed by atoms with Gasteiger partial charge in [0.1, 0.15) is 0 Å². The third-order valence-electron chi connectivity index (χ3n) is 4.61. The molecule has 0 aromatic heterocycles. The fourth-order valence-electron chi connectivity index (χ4n) is 3.64. The summed E-state index contributed by atoms with van der Waals surface area (Å²) in [5.74, 6) is 0.849. The topological polar surface area (TPSA) is 12.0 Å². The normalized spacial score (nSPS) is 25.5. The van der Waals surface area contributed by atoms with Crippen molar-refractivity contribution < 1.29 is 0 Å². The van der Waals surface area contributed by atoms with Gasteiger partial charge in [-0.1, -0.05) is 63.4 Å². The summed E-state index contributed by atoms with van der Waals surface area (Å²) in [7, 11) is 0. The lowest BCUT2D eigenvalue weighted by molar-refractivity contribution is 0.425. The lowest BCUT2D eigenvalue weighted by atomic mass is 9.77. The van der Waals surface area contributed by atoms with Crippen LogP contribution < -0.4 is 5.32 Å². The molecule has 0 radical (unpaired) electrons. The van der Waals surface area contributed by atoms with Crippen LogP contribution in [-0.4, -0.2) is 0 Å². The summed E-state index contributed by atoms with van der Waals surface area (Å²) in [6, 6.07) is 12.6. The zero-order valence-corrected chi connectivity index (χ0v) is 14.8. The van der Waals surface area contributed by atoms with Crippen LogP contribution in [0.5, 0.6) is 0 Å². The third kappa shape index (κ3) is 2.38. The minimum atomic E-state index is 0.273. The first kappa shape index (κ1) is 14.6. The molecule has 22 heavy (non-hydrogen) atoms. The minimum absolute atomic E-state index is 0.273. The standard InChI is InChI=1S/C18H14BrCl2N/c19-11-6-4-10(5-7-11)18-14-3-1-2-13(14)17-15(21)8-12(20)9-16(17)22-18/h1-2,4-9,13-14,18,22H,3H2/t13-,14-,18+/m0/s1. The Balaban J connectivity index is 1.82. The second-order valence-electron chi connectivity index (χ2n) is 5.88. The van der Waals surface area contributed by atoms with Crippen LogP contribution in [0.3, 0.4) is 0 Å². The molecule has 0 fully saturated rings. The first-order valence-electron chi connectivity index (χ1n) is 7.31. The summed E-state index contributed by atoms with van der Waals surface area (Å²) in [6.45, 7) is 0. The van der Waals surface area contributed by atoms with Crippen molar-refractivity contribution in [3.63, 3.8) is 0 Å². The van der Waals surface area contributed by atoms with Gasteiger partial charge in [0.15, 0.2) is 0 Å². The number of nitrogens with one attached hydrogen (secondary N) is 1. The minimum Gasteiger partial charge on any atom is -0.378 e. The molecule has 4 rings (SSSR count). The summed E-state index contributed by atoms with van der Waals surface area (Å²) in [4.78, 5) is 0. The molecule has 1 N–H and O–H groups in total. The Kier molecular flexibility index (Phi) is 3.72. The lowest BCUT2D eigenvalue weighted by Gasteiger charge is -2.38. The van der Waals surface area contributed by atoms with E-state index in [9.17, 15) is 0 Å². The smallest absolute Gasteiger partial charge is 0.0553 e. The van der Waals surface area contributed by atoms with Crippen LogP contribution >= 0.6 is 39.1 Å². The predicted molar refractivity (Wildman–Crippen MR) is 97.0 cm³/mol. The van der Waals surface area contributed by atoms with Crippen molar-refractivity contribution in [2.45, 2.75) is 18.4 Å². The quantitative estimate of drug-likeness (QED) is 0.538. The van der Waals surface area contributed by atoms with Gasteiger partial charge < -0.3 is 5.32 Å². The molecule has 1 nitrogen and oxygen atoms in total. The Morgan fingerprint density at radius 1 is 1.09 bits per heavy atom. The van der Waals surface area contributed by atoms with E-state index in [1.165, 1.54) is 11.1 Å². The highest BCUT2D eigenvalue weighted by atomic mass is 79.9. The molecule has 1 heterocycles. The van der Waals surface area contributed by atoms with Crippen molar-refractivity contribution >= 4 is 44.8 Å². The van der Waals surface area contributed by atoms with E-state index in [2.05, 4.69) is 57.7 Å². The maximum Gasteiger partial charge on any atom is 0.0553 e. The maximum atomic E-state index is 6.46.